The Morgan fingerprint density at radius 3 is 2.79 bits per heavy atom. The molecule has 2 aromatic carbocycles. The van der Waals surface area contributed by atoms with Crippen LogP contribution in [0, 0.1) is 5.82 Å². The fourth-order valence-corrected chi connectivity index (χ4v) is 3.82. The molecule has 1 saturated heterocycles. The van der Waals surface area contributed by atoms with Crippen LogP contribution in [0.2, 0.25) is 5.02 Å². The second kappa shape index (κ2) is 10.5. The first-order chi connectivity index (χ1) is 16.4. The van der Waals surface area contributed by atoms with E-state index in [2.05, 4.69) is 28.3 Å². The van der Waals surface area contributed by atoms with Crippen LogP contribution < -0.4 is 5.32 Å². The van der Waals surface area contributed by atoms with E-state index in [1.54, 1.807) is 37.5 Å². The first-order valence-corrected chi connectivity index (χ1v) is 11.6. The van der Waals surface area contributed by atoms with Crippen LogP contribution >= 0.6 is 11.6 Å². The predicted octanol–water partition coefficient (Wildman–Crippen LogP) is 6.17. The Morgan fingerprint density at radius 1 is 1.29 bits per heavy atom. The Morgan fingerprint density at radius 2 is 2.09 bits per heavy atom. The summed E-state index contributed by atoms with van der Waals surface area (Å²) in [4.78, 5) is 8.97. The van der Waals surface area contributed by atoms with Gasteiger partial charge in [-0.2, -0.15) is 0 Å². The van der Waals surface area contributed by atoms with Crippen LogP contribution in [0.1, 0.15) is 31.4 Å². The van der Waals surface area contributed by atoms with E-state index < -0.39 is 5.60 Å². The van der Waals surface area contributed by atoms with Crippen LogP contribution in [0.5, 0.6) is 0 Å². The standard InChI is InChI=1S/C27H27ClFN3O2/c1-3-4-7-20(13-30-18(2)27(33)16-34-17-27)19-10-11-25-22(12-19)26(23(28)15-31-25)32-14-21-8-5-6-9-24(21)29/h4-13,15,33H,3,14,16-17H2,1-2H3,(H,31,32)/b7-4+,20-13+,30-18?. The molecule has 4 rings (SSSR count). The lowest BCUT2D eigenvalue weighted by Crippen LogP contribution is -2.54. The number of halogens is 2. The van der Waals surface area contributed by atoms with Crippen molar-refractivity contribution in [2.75, 3.05) is 18.5 Å². The van der Waals surface area contributed by atoms with Crippen molar-refractivity contribution in [3.63, 3.8) is 0 Å². The molecule has 34 heavy (non-hydrogen) atoms. The number of rotatable bonds is 8. The lowest BCUT2D eigenvalue weighted by molar-refractivity contribution is -0.134. The first-order valence-electron chi connectivity index (χ1n) is 11.2. The van der Waals surface area contributed by atoms with Crippen molar-refractivity contribution in [2.24, 2.45) is 4.99 Å². The third-order valence-corrected chi connectivity index (χ3v) is 6.14. The maximum absolute atomic E-state index is 14.1. The van der Waals surface area contributed by atoms with Gasteiger partial charge in [-0.05, 0) is 42.7 Å². The van der Waals surface area contributed by atoms with Crippen LogP contribution in [-0.4, -0.2) is 34.6 Å². The SMILES string of the molecule is CC/C=C/C(=C\N=C(C)C1(O)COC1)c1ccc2ncc(Cl)c(NCc3ccccc3F)c2c1. The molecule has 2 heterocycles. The van der Waals surface area contributed by atoms with Gasteiger partial charge in [0.25, 0.3) is 0 Å². The molecule has 0 amide bonds. The van der Waals surface area contributed by atoms with E-state index in [9.17, 15) is 9.50 Å². The number of aliphatic imine (C=N–C) groups is 1. The smallest absolute Gasteiger partial charge is 0.149 e. The van der Waals surface area contributed by atoms with Crippen molar-refractivity contribution in [2.45, 2.75) is 32.4 Å². The number of hydrogen-bond donors (Lipinski definition) is 2. The Bertz CT molecular complexity index is 1280. The minimum atomic E-state index is -0.999. The highest BCUT2D eigenvalue weighted by molar-refractivity contribution is 6.34. The average Bonchev–Trinajstić information content (AvgIpc) is 2.82. The molecule has 0 aliphatic carbocycles. The van der Waals surface area contributed by atoms with Gasteiger partial charge in [0.2, 0.25) is 0 Å². The Kier molecular flexibility index (Phi) is 7.41. The summed E-state index contributed by atoms with van der Waals surface area (Å²) >= 11 is 6.49. The van der Waals surface area contributed by atoms with Crippen LogP contribution in [-0.2, 0) is 11.3 Å². The maximum Gasteiger partial charge on any atom is 0.149 e. The van der Waals surface area contributed by atoms with Gasteiger partial charge < -0.3 is 15.2 Å². The zero-order chi connectivity index (χ0) is 24.1. The maximum atomic E-state index is 14.1. The molecule has 5 nitrogen and oxygen atoms in total. The fourth-order valence-electron chi connectivity index (χ4n) is 3.60. The molecule has 0 saturated carbocycles. The van der Waals surface area contributed by atoms with Crippen molar-refractivity contribution in [3.8, 4) is 0 Å². The molecule has 1 aliphatic rings. The molecule has 1 aliphatic heterocycles. The number of aliphatic hydroxyl groups is 1. The fraction of sp³-hybridized carbons (Fsp3) is 0.259. The van der Waals surface area contributed by atoms with Gasteiger partial charge in [-0.1, -0.05) is 54.9 Å². The van der Waals surface area contributed by atoms with Crippen molar-refractivity contribution in [3.05, 3.63) is 89.0 Å². The monoisotopic (exact) mass is 479 g/mol. The summed E-state index contributed by atoms with van der Waals surface area (Å²) in [5.74, 6) is -0.271. The molecule has 3 aromatic rings. The number of allylic oxidation sites excluding steroid dienone is 3. The third kappa shape index (κ3) is 5.20. The molecule has 0 radical (unpaired) electrons. The number of ether oxygens (including phenoxy) is 1. The van der Waals surface area contributed by atoms with E-state index in [0.717, 1.165) is 28.5 Å². The second-order valence-corrected chi connectivity index (χ2v) is 8.70. The van der Waals surface area contributed by atoms with Gasteiger partial charge in [-0.15, -0.1) is 0 Å². The quantitative estimate of drug-likeness (QED) is 0.299. The predicted molar refractivity (Wildman–Crippen MR) is 137 cm³/mol. The van der Waals surface area contributed by atoms with Gasteiger partial charge in [-0.25, -0.2) is 4.39 Å². The number of nitrogens with zero attached hydrogens (tertiary/aromatic N) is 2. The Hall–Kier alpha value is -3.06. The summed E-state index contributed by atoms with van der Waals surface area (Å²) in [6, 6.07) is 12.5. The van der Waals surface area contributed by atoms with Crippen LogP contribution in [0.25, 0.3) is 16.5 Å². The first kappa shape index (κ1) is 24.1. The van der Waals surface area contributed by atoms with E-state index in [1.165, 1.54) is 6.07 Å². The summed E-state index contributed by atoms with van der Waals surface area (Å²) in [5, 5.41) is 15.0. The molecular weight excluding hydrogens is 453 g/mol. The topological polar surface area (TPSA) is 66.7 Å². The van der Waals surface area contributed by atoms with Crippen molar-refractivity contribution >= 4 is 39.5 Å². The van der Waals surface area contributed by atoms with Crippen molar-refractivity contribution < 1.29 is 14.2 Å². The summed E-state index contributed by atoms with van der Waals surface area (Å²) in [5.41, 5.74) is 3.42. The second-order valence-electron chi connectivity index (χ2n) is 8.29. The van der Waals surface area contributed by atoms with Crippen LogP contribution in [0.15, 0.2) is 72.0 Å². The summed E-state index contributed by atoms with van der Waals surface area (Å²) in [7, 11) is 0. The largest absolute Gasteiger partial charge is 0.379 e. The number of benzene rings is 2. The van der Waals surface area contributed by atoms with Gasteiger partial charge in [-0.3, -0.25) is 9.98 Å². The number of hydrogen-bond acceptors (Lipinski definition) is 5. The lowest BCUT2D eigenvalue weighted by atomic mass is 9.97. The molecule has 1 aromatic heterocycles. The molecule has 1 fully saturated rings. The molecule has 0 spiro atoms. The number of fused-ring (bicyclic) bond motifs is 1. The normalized spacial score (nSPS) is 16.1. The lowest BCUT2D eigenvalue weighted by Gasteiger charge is -2.35. The van der Waals surface area contributed by atoms with Crippen LogP contribution in [0.4, 0.5) is 10.1 Å². The minimum absolute atomic E-state index is 0.257. The number of nitrogens with one attached hydrogen (secondary N) is 1. The molecule has 0 atom stereocenters. The van der Waals surface area contributed by atoms with Gasteiger partial charge >= 0.3 is 0 Å². The number of anilines is 1. The highest BCUT2D eigenvalue weighted by Gasteiger charge is 2.38. The van der Waals surface area contributed by atoms with Gasteiger partial charge in [0.15, 0.2) is 0 Å². The third-order valence-electron chi connectivity index (χ3n) is 5.85. The number of aromatic nitrogens is 1. The highest BCUT2D eigenvalue weighted by atomic mass is 35.5. The van der Waals surface area contributed by atoms with Crippen LogP contribution in [0.3, 0.4) is 0 Å². The molecule has 0 unspecified atom stereocenters. The van der Waals surface area contributed by atoms with Gasteiger partial charge in [0.1, 0.15) is 11.4 Å². The van der Waals surface area contributed by atoms with Gasteiger partial charge in [0, 0.05) is 29.9 Å². The summed E-state index contributed by atoms with van der Waals surface area (Å²) < 4.78 is 19.3. The van der Waals surface area contributed by atoms with Gasteiger partial charge in [0.05, 0.1) is 35.2 Å². The summed E-state index contributed by atoms with van der Waals surface area (Å²) in [6.45, 7) is 4.67. The molecule has 0 bridgehead atoms. The Balaban J connectivity index is 1.72. The highest BCUT2D eigenvalue weighted by Crippen LogP contribution is 2.33. The van der Waals surface area contributed by atoms with E-state index in [0.29, 0.717) is 22.0 Å². The zero-order valence-electron chi connectivity index (χ0n) is 19.2. The average molecular weight is 480 g/mol. The molecule has 7 heteroatoms. The van der Waals surface area contributed by atoms with Crippen molar-refractivity contribution in [1.29, 1.82) is 0 Å². The Labute approximate surface area is 203 Å². The van der Waals surface area contributed by atoms with E-state index >= 15 is 0 Å². The zero-order valence-corrected chi connectivity index (χ0v) is 19.9. The van der Waals surface area contributed by atoms with E-state index in [4.69, 9.17) is 16.3 Å². The number of pyridine rings is 1. The minimum Gasteiger partial charge on any atom is -0.379 e. The van der Waals surface area contributed by atoms with E-state index in [1.807, 2.05) is 24.3 Å². The molecule has 2 N–H and O–H groups in total. The van der Waals surface area contributed by atoms with Crippen molar-refractivity contribution in [1.82, 2.24) is 4.98 Å². The van der Waals surface area contributed by atoms with E-state index in [-0.39, 0.29) is 25.6 Å². The molecule has 176 valence electrons. The molecular formula is C27H27ClFN3O2. The summed E-state index contributed by atoms with van der Waals surface area (Å²) in [6.07, 6.45) is 8.27.